The summed E-state index contributed by atoms with van der Waals surface area (Å²) in [5, 5.41) is 1.02. The number of nitrogens with zero attached hydrogens (tertiary/aromatic N) is 5. The van der Waals surface area contributed by atoms with E-state index >= 15 is 4.39 Å². The zero-order valence-corrected chi connectivity index (χ0v) is 23.8. The number of aromatic nitrogens is 2. The molecule has 2 amide bonds. The monoisotopic (exact) mass is 589 g/mol. The van der Waals surface area contributed by atoms with E-state index in [2.05, 4.69) is 25.7 Å². The summed E-state index contributed by atoms with van der Waals surface area (Å²) in [6, 6.07) is 9.61. The number of nitrogens with one attached hydrogen (secondary N) is 2. The molecule has 3 fully saturated rings. The highest BCUT2D eigenvalue weighted by Gasteiger charge is 2.33. The molecule has 3 aliphatic rings. The second-order valence-corrected chi connectivity index (χ2v) is 11.2. The predicted molar refractivity (Wildman–Crippen MR) is 151 cm³/mol. The van der Waals surface area contributed by atoms with Crippen molar-refractivity contribution in [2.45, 2.75) is 44.8 Å². The number of carbonyl (C=O) groups is 2. The molecule has 1 saturated carbocycles. The van der Waals surface area contributed by atoms with Gasteiger partial charge in [-0.25, -0.2) is 5.06 Å². The van der Waals surface area contributed by atoms with E-state index in [1.165, 1.54) is 0 Å². The number of hydrogen-bond acceptors (Lipinski definition) is 9. The van der Waals surface area contributed by atoms with Gasteiger partial charge in [-0.15, -0.1) is 0 Å². The summed E-state index contributed by atoms with van der Waals surface area (Å²) in [4.78, 5) is 43.2. The molecule has 1 aliphatic carbocycles. The largest absolute Gasteiger partial charge is 0.378 e. The van der Waals surface area contributed by atoms with Crippen LogP contribution in [0.15, 0.2) is 30.3 Å². The van der Waals surface area contributed by atoms with Gasteiger partial charge >= 0.3 is 0 Å². The van der Waals surface area contributed by atoms with E-state index in [4.69, 9.17) is 21.2 Å². The number of morpholine rings is 1. The van der Waals surface area contributed by atoms with Gasteiger partial charge in [0.25, 0.3) is 0 Å². The quantitative estimate of drug-likeness (QED) is 0.219. The fourth-order valence-electron chi connectivity index (χ4n) is 5.85. The summed E-state index contributed by atoms with van der Waals surface area (Å²) in [5.41, 5.74) is 6.13. The van der Waals surface area contributed by atoms with Crippen molar-refractivity contribution in [2.24, 2.45) is 11.8 Å². The maximum Gasteiger partial charge on any atom is 0.243 e. The zero-order chi connectivity index (χ0) is 28.6. The fraction of sp³-hybridized carbons (Fsp3) is 0.571. The summed E-state index contributed by atoms with van der Waals surface area (Å²) in [6.45, 7) is 4.28. The van der Waals surface area contributed by atoms with Crippen molar-refractivity contribution >= 4 is 35.6 Å². The summed E-state index contributed by atoms with van der Waals surface area (Å²) < 4.78 is 21.2. The highest BCUT2D eigenvalue weighted by atomic mass is 35.5. The summed E-state index contributed by atoms with van der Waals surface area (Å²) in [5.74, 6) is -1.44. The number of carbonyl (C=O) groups excluding carboxylic acids is 2. The van der Waals surface area contributed by atoms with Crippen LogP contribution in [0.4, 0.5) is 16.0 Å². The second-order valence-electron chi connectivity index (χ2n) is 10.9. The standard InChI is InChI=1S/C28H37ClFN7O4/c29-28-31-25(24(30)26(32-28)36-11-10-35-12-13-40-18-23(35)16-36)33-34-27(39)22(14-20-6-4-5-7-20)15-37(19-38)41-17-21-8-2-1-3-9-21/h1-3,8-9,19-20,22-23H,4-7,10-18H2,(H,34,39)(H,31,32,33)/t22-,23-/m1/s1. The van der Waals surface area contributed by atoms with Gasteiger partial charge in [-0.2, -0.15) is 14.4 Å². The van der Waals surface area contributed by atoms with E-state index in [9.17, 15) is 9.59 Å². The van der Waals surface area contributed by atoms with Crippen molar-refractivity contribution in [2.75, 3.05) is 56.3 Å². The molecule has 1 aromatic heterocycles. The second kappa shape index (κ2) is 14.2. The van der Waals surface area contributed by atoms with E-state index in [0.717, 1.165) is 49.4 Å². The Balaban J connectivity index is 1.24. The topological polar surface area (TPSA) is 112 Å². The Bertz CT molecular complexity index is 1170. The Hall–Kier alpha value is -3.06. The van der Waals surface area contributed by atoms with Crippen LogP contribution in [-0.4, -0.2) is 84.2 Å². The van der Waals surface area contributed by atoms with E-state index in [-0.39, 0.29) is 36.1 Å². The maximum atomic E-state index is 15.6. The first kappa shape index (κ1) is 29.4. The highest BCUT2D eigenvalue weighted by molar-refractivity contribution is 6.28. The fourth-order valence-corrected chi connectivity index (χ4v) is 6.02. The van der Waals surface area contributed by atoms with Crippen LogP contribution < -0.4 is 15.8 Å². The maximum absolute atomic E-state index is 15.6. The van der Waals surface area contributed by atoms with Crippen LogP contribution in [-0.2, 0) is 25.8 Å². The molecule has 41 heavy (non-hydrogen) atoms. The molecular weight excluding hydrogens is 553 g/mol. The van der Waals surface area contributed by atoms with Gasteiger partial charge in [-0.3, -0.25) is 30.2 Å². The molecule has 2 aromatic rings. The van der Waals surface area contributed by atoms with Gasteiger partial charge in [-0.1, -0.05) is 56.0 Å². The lowest BCUT2D eigenvalue weighted by atomic mass is 9.92. The van der Waals surface area contributed by atoms with Gasteiger partial charge in [0.2, 0.25) is 23.4 Å². The van der Waals surface area contributed by atoms with Gasteiger partial charge in [0.05, 0.1) is 31.7 Å². The Morgan fingerprint density at radius 2 is 2.02 bits per heavy atom. The van der Waals surface area contributed by atoms with E-state index in [0.29, 0.717) is 45.1 Å². The number of benzene rings is 1. The number of hydroxylamine groups is 2. The minimum atomic E-state index is -0.701. The number of amides is 2. The Labute approximate surface area is 244 Å². The van der Waals surface area contributed by atoms with Gasteiger partial charge < -0.3 is 9.64 Å². The minimum Gasteiger partial charge on any atom is -0.378 e. The molecule has 13 heteroatoms. The van der Waals surface area contributed by atoms with Crippen molar-refractivity contribution in [3.8, 4) is 0 Å². The van der Waals surface area contributed by atoms with Crippen molar-refractivity contribution in [3.63, 3.8) is 0 Å². The number of ether oxygens (including phenoxy) is 1. The molecule has 1 aromatic carbocycles. The average Bonchev–Trinajstić information content (AvgIpc) is 3.52. The Morgan fingerprint density at radius 1 is 1.22 bits per heavy atom. The SMILES string of the molecule is O=CN(C[C@@H](CC1CCCC1)C(=O)NNc1nc(Cl)nc(N2CCN3CCOC[C@H]3C2)c1F)OCc1ccccc1. The number of piperazine rings is 1. The van der Waals surface area contributed by atoms with Gasteiger partial charge in [0.1, 0.15) is 6.61 Å². The molecule has 0 radical (unpaired) electrons. The van der Waals surface area contributed by atoms with Crippen molar-refractivity contribution in [1.29, 1.82) is 0 Å². The first-order valence-electron chi connectivity index (χ1n) is 14.2. The lowest BCUT2D eigenvalue weighted by Gasteiger charge is -2.44. The van der Waals surface area contributed by atoms with Crippen LogP contribution in [0.1, 0.15) is 37.7 Å². The zero-order valence-electron chi connectivity index (χ0n) is 23.0. The molecule has 0 bridgehead atoms. The summed E-state index contributed by atoms with van der Waals surface area (Å²) in [6.07, 6.45) is 5.46. The number of rotatable bonds is 12. The van der Waals surface area contributed by atoms with Crippen molar-refractivity contribution < 1.29 is 23.6 Å². The summed E-state index contributed by atoms with van der Waals surface area (Å²) >= 11 is 6.18. The molecule has 3 heterocycles. The molecule has 11 nitrogen and oxygen atoms in total. The van der Waals surface area contributed by atoms with Crippen molar-refractivity contribution in [1.82, 2.24) is 25.4 Å². The molecular formula is C28H37ClFN7O4. The first-order chi connectivity index (χ1) is 20.0. The van der Waals surface area contributed by atoms with Crippen LogP contribution in [0.2, 0.25) is 5.28 Å². The van der Waals surface area contributed by atoms with Crippen LogP contribution in [0.5, 0.6) is 0 Å². The van der Waals surface area contributed by atoms with Crippen molar-refractivity contribution in [3.05, 3.63) is 47.0 Å². The molecule has 2 aliphatic heterocycles. The number of hydrogen-bond donors (Lipinski definition) is 2. The average molecular weight is 590 g/mol. The van der Waals surface area contributed by atoms with Crippen LogP contribution >= 0.6 is 11.6 Å². The van der Waals surface area contributed by atoms with E-state index in [1.54, 1.807) is 0 Å². The molecule has 0 unspecified atom stereocenters. The molecule has 0 spiro atoms. The molecule has 2 N–H and O–H groups in total. The third-order valence-corrected chi connectivity index (χ3v) is 8.24. The van der Waals surface area contributed by atoms with Gasteiger partial charge in [-0.05, 0) is 29.5 Å². The third-order valence-electron chi connectivity index (χ3n) is 8.07. The smallest absolute Gasteiger partial charge is 0.243 e. The van der Waals surface area contributed by atoms with Crippen LogP contribution in [0.25, 0.3) is 0 Å². The number of fused-ring (bicyclic) bond motifs is 1. The summed E-state index contributed by atoms with van der Waals surface area (Å²) in [7, 11) is 0. The number of anilines is 2. The number of halogens is 2. The minimum absolute atomic E-state index is 0.0619. The Morgan fingerprint density at radius 3 is 2.80 bits per heavy atom. The normalized spacial score (nSPS) is 20.3. The predicted octanol–water partition coefficient (Wildman–Crippen LogP) is 3.02. The highest BCUT2D eigenvalue weighted by Crippen LogP contribution is 2.31. The Kier molecular flexibility index (Phi) is 10.2. The van der Waals surface area contributed by atoms with Crippen LogP contribution in [0, 0.1) is 17.7 Å². The first-order valence-corrected chi connectivity index (χ1v) is 14.6. The molecule has 2 atom stereocenters. The molecule has 222 valence electrons. The van der Waals surface area contributed by atoms with Crippen LogP contribution in [0.3, 0.4) is 0 Å². The molecule has 2 saturated heterocycles. The third kappa shape index (κ3) is 7.82. The number of hydrazine groups is 1. The van der Waals surface area contributed by atoms with E-state index < -0.39 is 17.6 Å². The lowest BCUT2D eigenvalue weighted by Crippen LogP contribution is -2.58. The molecule has 5 rings (SSSR count). The lowest BCUT2D eigenvalue weighted by molar-refractivity contribution is -0.182. The van der Waals surface area contributed by atoms with Gasteiger partial charge in [0.15, 0.2) is 11.6 Å². The van der Waals surface area contributed by atoms with E-state index in [1.807, 2.05) is 35.2 Å². The van der Waals surface area contributed by atoms with Gasteiger partial charge in [0, 0.05) is 26.2 Å².